The van der Waals surface area contributed by atoms with Crippen LogP contribution in [0.25, 0.3) is 42.1 Å². The van der Waals surface area contributed by atoms with Gasteiger partial charge >= 0.3 is 0 Å². The van der Waals surface area contributed by atoms with E-state index in [-0.39, 0.29) is 0 Å². The molecule has 0 amide bonds. The third-order valence-corrected chi connectivity index (χ3v) is 5.04. The Labute approximate surface area is 119 Å². The van der Waals surface area contributed by atoms with Gasteiger partial charge in [0.1, 0.15) is 5.58 Å². The van der Waals surface area contributed by atoms with Crippen molar-refractivity contribution in [2.75, 3.05) is 0 Å². The highest BCUT2D eigenvalue weighted by Crippen LogP contribution is 2.41. The minimum absolute atomic E-state index is 0.982. The highest BCUT2D eigenvalue weighted by atomic mass is 32.1. The van der Waals surface area contributed by atoms with E-state index in [1.165, 1.54) is 30.9 Å². The summed E-state index contributed by atoms with van der Waals surface area (Å²) in [5, 5.41) is 4.93. The molecule has 0 aliphatic rings. The topological polar surface area (TPSA) is 13.1 Å². The van der Waals surface area contributed by atoms with Crippen molar-refractivity contribution in [2.24, 2.45) is 0 Å². The van der Waals surface area contributed by atoms with Crippen molar-refractivity contribution in [3.63, 3.8) is 0 Å². The normalized spacial score (nSPS) is 12.0. The quantitative estimate of drug-likeness (QED) is 0.340. The van der Waals surface area contributed by atoms with Gasteiger partial charge in [0, 0.05) is 15.5 Å². The summed E-state index contributed by atoms with van der Waals surface area (Å²) >= 11 is 1.81. The van der Waals surface area contributed by atoms with Crippen molar-refractivity contribution < 1.29 is 4.42 Å². The lowest BCUT2D eigenvalue weighted by Crippen LogP contribution is -1.71. The summed E-state index contributed by atoms with van der Waals surface area (Å²) in [5.74, 6) is 0. The van der Waals surface area contributed by atoms with Crippen LogP contribution >= 0.6 is 11.3 Å². The molecule has 0 aliphatic carbocycles. The monoisotopic (exact) mass is 274 g/mol. The molecule has 0 bridgehead atoms. The molecule has 1 nitrogen and oxygen atoms in total. The van der Waals surface area contributed by atoms with Crippen molar-refractivity contribution in [2.45, 2.75) is 0 Å². The molecule has 5 aromatic rings. The van der Waals surface area contributed by atoms with Gasteiger partial charge in [-0.25, -0.2) is 0 Å². The lowest BCUT2D eigenvalue weighted by molar-refractivity contribution is 0.674. The molecule has 0 spiro atoms. The van der Waals surface area contributed by atoms with Crippen LogP contribution in [0.1, 0.15) is 0 Å². The Morgan fingerprint density at radius 2 is 1.50 bits per heavy atom. The van der Waals surface area contributed by atoms with Crippen LogP contribution in [0.5, 0.6) is 0 Å². The van der Waals surface area contributed by atoms with Crippen molar-refractivity contribution in [3.05, 3.63) is 60.7 Å². The fourth-order valence-corrected chi connectivity index (χ4v) is 4.04. The molecule has 0 saturated heterocycles. The second-order valence-electron chi connectivity index (χ2n) is 5.05. The maximum absolute atomic E-state index is 6.12. The van der Waals surface area contributed by atoms with E-state index in [4.69, 9.17) is 4.42 Å². The molecule has 3 aromatic carbocycles. The standard InChI is InChI=1S/C18H10OS/c1-2-6-12-10-15-14(9-11(12)5-1)18-17(19-15)13-7-3-4-8-16(13)20-18/h1-10H. The summed E-state index contributed by atoms with van der Waals surface area (Å²) < 4.78 is 8.67. The second kappa shape index (κ2) is 3.62. The van der Waals surface area contributed by atoms with Gasteiger partial charge in [0.25, 0.3) is 0 Å². The highest BCUT2D eigenvalue weighted by molar-refractivity contribution is 7.26. The summed E-state index contributed by atoms with van der Waals surface area (Å²) in [7, 11) is 0. The zero-order valence-electron chi connectivity index (χ0n) is 10.6. The van der Waals surface area contributed by atoms with Gasteiger partial charge in [-0.2, -0.15) is 0 Å². The summed E-state index contributed by atoms with van der Waals surface area (Å²) in [6, 6.07) is 21.2. The molecule has 2 heteroatoms. The fourth-order valence-electron chi connectivity index (χ4n) is 2.89. The average molecular weight is 274 g/mol. The Bertz CT molecular complexity index is 1090. The first-order chi connectivity index (χ1) is 9.90. The van der Waals surface area contributed by atoms with E-state index in [0.29, 0.717) is 0 Å². The SMILES string of the molecule is c1ccc2cc3c(cc2c1)oc1c2ccccc2sc31. The largest absolute Gasteiger partial charge is 0.454 e. The molecular weight excluding hydrogens is 264 g/mol. The van der Waals surface area contributed by atoms with Crippen LogP contribution in [0, 0.1) is 0 Å². The predicted molar refractivity (Wildman–Crippen MR) is 86.6 cm³/mol. The van der Waals surface area contributed by atoms with Crippen LogP contribution in [0.2, 0.25) is 0 Å². The second-order valence-corrected chi connectivity index (χ2v) is 6.11. The van der Waals surface area contributed by atoms with Gasteiger partial charge in [-0.3, -0.25) is 0 Å². The molecule has 94 valence electrons. The molecule has 0 saturated carbocycles. The van der Waals surface area contributed by atoms with Gasteiger partial charge in [-0.1, -0.05) is 36.4 Å². The number of hydrogen-bond acceptors (Lipinski definition) is 2. The van der Waals surface area contributed by atoms with Gasteiger partial charge < -0.3 is 4.42 Å². The van der Waals surface area contributed by atoms with Crippen LogP contribution in [-0.2, 0) is 0 Å². The zero-order valence-corrected chi connectivity index (χ0v) is 11.4. The molecule has 5 rings (SSSR count). The van der Waals surface area contributed by atoms with E-state index in [9.17, 15) is 0 Å². The summed E-state index contributed by atoms with van der Waals surface area (Å²) in [6.07, 6.45) is 0. The summed E-state index contributed by atoms with van der Waals surface area (Å²) in [5.41, 5.74) is 2.01. The summed E-state index contributed by atoms with van der Waals surface area (Å²) in [6.45, 7) is 0. The van der Waals surface area contributed by atoms with E-state index in [2.05, 4.69) is 60.7 Å². The molecule has 0 aliphatic heterocycles. The number of fused-ring (bicyclic) bond motifs is 6. The average Bonchev–Trinajstić information content (AvgIpc) is 3.01. The highest BCUT2D eigenvalue weighted by Gasteiger charge is 2.13. The Morgan fingerprint density at radius 3 is 2.40 bits per heavy atom. The minimum atomic E-state index is 0.982. The number of benzene rings is 3. The number of hydrogen-bond donors (Lipinski definition) is 0. The third kappa shape index (κ3) is 1.27. The molecule has 0 atom stereocenters. The molecule has 0 unspecified atom stereocenters. The molecule has 2 heterocycles. The van der Waals surface area contributed by atoms with Crippen LogP contribution in [0.3, 0.4) is 0 Å². The molecule has 20 heavy (non-hydrogen) atoms. The van der Waals surface area contributed by atoms with E-state index in [1.54, 1.807) is 0 Å². The van der Waals surface area contributed by atoms with Gasteiger partial charge in [0.05, 0.1) is 4.70 Å². The zero-order chi connectivity index (χ0) is 13.1. The van der Waals surface area contributed by atoms with Crippen LogP contribution in [0.15, 0.2) is 65.1 Å². The van der Waals surface area contributed by atoms with Gasteiger partial charge in [0.2, 0.25) is 0 Å². The predicted octanol–water partition coefficient (Wildman–Crippen LogP) is 5.95. The number of rotatable bonds is 0. The molecule has 0 N–H and O–H groups in total. The smallest absolute Gasteiger partial charge is 0.154 e. The maximum atomic E-state index is 6.12. The fraction of sp³-hybridized carbons (Fsp3) is 0. The number of furan rings is 1. The van der Waals surface area contributed by atoms with Gasteiger partial charge in [0.15, 0.2) is 5.58 Å². The first kappa shape index (κ1) is 10.5. The Kier molecular flexibility index (Phi) is 1.89. The van der Waals surface area contributed by atoms with Crippen LogP contribution < -0.4 is 0 Å². The first-order valence-corrected chi connectivity index (χ1v) is 7.44. The van der Waals surface area contributed by atoms with Crippen molar-refractivity contribution in [1.82, 2.24) is 0 Å². The van der Waals surface area contributed by atoms with Crippen molar-refractivity contribution >= 4 is 53.4 Å². The Hall–Kier alpha value is -2.32. The van der Waals surface area contributed by atoms with Crippen molar-refractivity contribution in [1.29, 1.82) is 0 Å². The molecular formula is C18H10OS. The van der Waals surface area contributed by atoms with E-state index in [1.807, 2.05) is 11.3 Å². The summed E-state index contributed by atoms with van der Waals surface area (Å²) in [4.78, 5) is 0. The lowest BCUT2D eigenvalue weighted by atomic mass is 10.1. The molecule has 0 fully saturated rings. The molecule has 2 aromatic heterocycles. The maximum Gasteiger partial charge on any atom is 0.154 e. The van der Waals surface area contributed by atoms with Gasteiger partial charge in [-0.05, 0) is 35.0 Å². The van der Waals surface area contributed by atoms with Crippen molar-refractivity contribution in [3.8, 4) is 0 Å². The minimum Gasteiger partial charge on any atom is -0.454 e. The van der Waals surface area contributed by atoms with E-state index < -0.39 is 0 Å². The molecule has 0 radical (unpaired) electrons. The van der Waals surface area contributed by atoms with Crippen LogP contribution in [0.4, 0.5) is 0 Å². The Morgan fingerprint density at radius 1 is 0.750 bits per heavy atom. The third-order valence-electron chi connectivity index (χ3n) is 3.85. The van der Waals surface area contributed by atoms with Gasteiger partial charge in [-0.15, -0.1) is 11.3 Å². The number of thiophene rings is 1. The Balaban J connectivity index is 2.05. The van der Waals surface area contributed by atoms with E-state index >= 15 is 0 Å². The first-order valence-electron chi connectivity index (χ1n) is 6.63. The lowest BCUT2D eigenvalue weighted by Gasteiger charge is -1.96. The van der Waals surface area contributed by atoms with Crippen LogP contribution in [-0.4, -0.2) is 0 Å². The van der Waals surface area contributed by atoms with E-state index in [0.717, 1.165) is 11.2 Å².